The third-order valence-electron chi connectivity index (χ3n) is 5.78. The van der Waals surface area contributed by atoms with E-state index in [1.807, 2.05) is 0 Å². The zero-order valence-corrected chi connectivity index (χ0v) is 18.3. The molecule has 0 saturated carbocycles. The Morgan fingerprint density at radius 2 is 2.03 bits per heavy atom. The lowest BCUT2D eigenvalue weighted by atomic mass is 9.94. The maximum atomic E-state index is 13.8. The number of halogens is 4. The minimum Gasteiger partial charge on any atom is -0.486 e. The number of hydrogen-bond acceptors (Lipinski definition) is 4. The highest BCUT2D eigenvalue weighted by Gasteiger charge is 2.40. The minimum absolute atomic E-state index is 0.0129. The number of aryl methyl sites for hydroxylation is 2. The second-order valence-corrected chi connectivity index (χ2v) is 8.50. The topological polar surface area (TPSA) is 71.6 Å². The number of alkyl halides is 3. The van der Waals surface area contributed by atoms with E-state index in [0.29, 0.717) is 24.3 Å². The molecular weight excluding hydrogens is 449 g/mol. The lowest BCUT2D eigenvalue weighted by Crippen LogP contribution is -2.39. The molecule has 2 aliphatic rings. The molecule has 172 valence electrons. The van der Waals surface area contributed by atoms with E-state index < -0.39 is 29.5 Å². The molecule has 0 unspecified atom stereocenters. The van der Waals surface area contributed by atoms with E-state index in [4.69, 9.17) is 21.1 Å². The number of nitrogens with one attached hydrogen (secondary N) is 1. The van der Waals surface area contributed by atoms with Gasteiger partial charge < -0.3 is 19.4 Å². The summed E-state index contributed by atoms with van der Waals surface area (Å²) in [5.41, 5.74) is 0.759. The predicted octanol–water partition coefficient (Wildman–Crippen LogP) is 4.03. The van der Waals surface area contributed by atoms with Crippen LogP contribution in [0.3, 0.4) is 0 Å². The van der Waals surface area contributed by atoms with Crippen molar-refractivity contribution < 1.29 is 27.4 Å². The van der Waals surface area contributed by atoms with Gasteiger partial charge in [0.25, 0.3) is 11.5 Å². The quantitative estimate of drug-likeness (QED) is 0.732. The third kappa shape index (κ3) is 4.23. The second-order valence-electron chi connectivity index (χ2n) is 8.12. The van der Waals surface area contributed by atoms with Crippen molar-refractivity contribution in [3.8, 4) is 5.75 Å². The fraction of sp³-hybridized carbons (Fsp3) is 0.455. The minimum atomic E-state index is -4.69. The van der Waals surface area contributed by atoms with Crippen LogP contribution in [-0.4, -0.2) is 41.7 Å². The van der Waals surface area contributed by atoms with Crippen LogP contribution in [0, 0.1) is 13.8 Å². The molecule has 0 radical (unpaired) electrons. The summed E-state index contributed by atoms with van der Waals surface area (Å²) in [6, 6.07) is 2.75. The van der Waals surface area contributed by atoms with Gasteiger partial charge in [0, 0.05) is 24.2 Å². The summed E-state index contributed by atoms with van der Waals surface area (Å²) in [6.07, 6.45) is -4.66. The molecule has 1 fully saturated rings. The van der Waals surface area contributed by atoms with E-state index in [-0.39, 0.29) is 47.8 Å². The van der Waals surface area contributed by atoms with Gasteiger partial charge >= 0.3 is 6.18 Å². The maximum Gasteiger partial charge on any atom is 0.420 e. The molecule has 0 aliphatic carbocycles. The summed E-state index contributed by atoms with van der Waals surface area (Å²) < 4.78 is 52.0. The number of carbonyl (C=O) groups is 1. The van der Waals surface area contributed by atoms with Crippen LogP contribution in [0.4, 0.5) is 13.2 Å². The Bertz CT molecular complexity index is 1120. The van der Waals surface area contributed by atoms with Gasteiger partial charge in [-0.25, -0.2) is 0 Å². The van der Waals surface area contributed by atoms with Crippen molar-refractivity contribution >= 4 is 17.5 Å². The van der Waals surface area contributed by atoms with Gasteiger partial charge in [0.2, 0.25) is 0 Å². The Labute approximate surface area is 187 Å². The van der Waals surface area contributed by atoms with Crippen molar-refractivity contribution in [1.82, 2.24) is 9.88 Å². The average Bonchev–Trinajstić information content (AvgIpc) is 3.20. The van der Waals surface area contributed by atoms with Crippen molar-refractivity contribution in [2.24, 2.45) is 0 Å². The van der Waals surface area contributed by atoms with E-state index in [9.17, 15) is 22.8 Å². The monoisotopic (exact) mass is 470 g/mol. The molecule has 10 heteroatoms. The maximum absolute atomic E-state index is 13.8. The number of aromatic nitrogens is 1. The number of hydrogen-bond donors (Lipinski definition) is 1. The number of nitrogens with zero attached hydrogens (tertiary/aromatic N) is 1. The fourth-order valence-corrected chi connectivity index (χ4v) is 4.49. The summed E-state index contributed by atoms with van der Waals surface area (Å²) >= 11 is 6.38. The van der Waals surface area contributed by atoms with Crippen LogP contribution < -0.4 is 10.3 Å². The normalized spacial score (nSPS) is 18.8. The number of pyridine rings is 1. The summed E-state index contributed by atoms with van der Waals surface area (Å²) in [4.78, 5) is 29.8. The number of amides is 1. The lowest BCUT2D eigenvalue weighted by molar-refractivity contribution is -0.139. The molecule has 1 aromatic carbocycles. The van der Waals surface area contributed by atoms with Gasteiger partial charge in [0.15, 0.2) is 5.75 Å². The standard InChI is InChI=1S/C22H22ClF3N2O4/c1-11-7-12(2)27-20(29)15(11)9-28-5-3-13-8-16(22(24,25)26)19(18(23)17(13)21(28)30)32-14-4-6-31-10-14/h7-8,14H,3-6,9-10H2,1-2H3,(H,27,29)/t14-/m1/s1. The zero-order chi connectivity index (χ0) is 23.2. The number of fused-ring (bicyclic) bond motifs is 1. The molecule has 1 aromatic heterocycles. The molecule has 2 aliphatic heterocycles. The first-order chi connectivity index (χ1) is 15.1. The molecule has 2 aromatic rings. The smallest absolute Gasteiger partial charge is 0.420 e. The Kier molecular flexibility index (Phi) is 5.98. The molecular formula is C22H22ClF3N2O4. The van der Waals surface area contributed by atoms with Crippen LogP contribution in [0.25, 0.3) is 0 Å². The predicted molar refractivity (Wildman–Crippen MR) is 111 cm³/mol. The van der Waals surface area contributed by atoms with E-state index >= 15 is 0 Å². The highest BCUT2D eigenvalue weighted by molar-refractivity contribution is 6.35. The van der Waals surface area contributed by atoms with Crippen LogP contribution in [-0.2, 0) is 23.9 Å². The Morgan fingerprint density at radius 1 is 1.28 bits per heavy atom. The van der Waals surface area contributed by atoms with Crippen LogP contribution in [0.15, 0.2) is 16.9 Å². The highest BCUT2D eigenvalue weighted by Crippen LogP contribution is 2.45. The summed E-state index contributed by atoms with van der Waals surface area (Å²) in [6.45, 7) is 4.27. The molecule has 3 heterocycles. The molecule has 0 bridgehead atoms. The van der Waals surface area contributed by atoms with Crippen molar-refractivity contribution in [2.45, 2.75) is 45.5 Å². The molecule has 4 rings (SSSR count). The van der Waals surface area contributed by atoms with E-state index in [1.165, 1.54) is 4.90 Å². The first kappa shape index (κ1) is 22.7. The molecule has 1 saturated heterocycles. The number of rotatable bonds is 4. The van der Waals surface area contributed by atoms with Gasteiger partial charge in [-0.1, -0.05) is 11.6 Å². The van der Waals surface area contributed by atoms with Crippen LogP contribution in [0.5, 0.6) is 5.75 Å². The average molecular weight is 471 g/mol. The van der Waals surface area contributed by atoms with Crippen molar-refractivity contribution in [1.29, 1.82) is 0 Å². The molecule has 1 atom stereocenters. The third-order valence-corrected chi connectivity index (χ3v) is 6.14. The van der Waals surface area contributed by atoms with E-state index in [1.54, 1.807) is 19.9 Å². The zero-order valence-electron chi connectivity index (χ0n) is 17.6. The van der Waals surface area contributed by atoms with Gasteiger partial charge in [-0.3, -0.25) is 9.59 Å². The second kappa shape index (κ2) is 8.44. The molecule has 1 N–H and O–H groups in total. The van der Waals surface area contributed by atoms with Crippen molar-refractivity contribution in [3.63, 3.8) is 0 Å². The lowest BCUT2D eigenvalue weighted by Gasteiger charge is -2.31. The number of carbonyl (C=O) groups excluding carboxylic acids is 1. The van der Waals surface area contributed by atoms with Gasteiger partial charge in [-0.2, -0.15) is 13.2 Å². The number of benzene rings is 1. The molecule has 32 heavy (non-hydrogen) atoms. The van der Waals surface area contributed by atoms with E-state index in [2.05, 4.69) is 4.98 Å². The van der Waals surface area contributed by atoms with Crippen LogP contribution in [0.2, 0.25) is 5.02 Å². The molecule has 6 nitrogen and oxygen atoms in total. The first-order valence-electron chi connectivity index (χ1n) is 10.2. The largest absolute Gasteiger partial charge is 0.486 e. The van der Waals surface area contributed by atoms with Crippen LogP contribution in [0.1, 0.15) is 44.7 Å². The van der Waals surface area contributed by atoms with Gasteiger partial charge in [0.1, 0.15) is 6.10 Å². The first-order valence-corrected chi connectivity index (χ1v) is 10.6. The summed E-state index contributed by atoms with van der Waals surface area (Å²) in [7, 11) is 0. The van der Waals surface area contributed by atoms with Crippen molar-refractivity contribution in [2.75, 3.05) is 19.8 Å². The number of aromatic amines is 1. The summed E-state index contributed by atoms with van der Waals surface area (Å²) in [5.74, 6) is -1.08. The Balaban J connectivity index is 1.73. The van der Waals surface area contributed by atoms with Crippen LogP contribution >= 0.6 is 11.6 Å². The Hall–Kier alpha value is -2.52. The molecule has 1 amide bonds. The fourth-order valence-electron chi connectivity index (χ4n) is 4.15. The van der Waals surface area contributed by atoms with Gasteiger partial charge in [-0.05, 0) is 43.5 Å². The number of H-pyrrole nitrogens is 1. The molecule has 0 spiro atoms. The van der Waals surface area contributed by atoms with Gasteiger partial charge in [0.05, 0.1) is 35.9 Å². The number of ether oxygens (including phenoxy) is 2. The van der Waals surface area contributed by atoms with E-state index in [0.717, 1.165) is 11.6 Å². The SMILES string of the molecule is Cc1cc(C)c(CN2CCc3cc(C(F)(F)F)c(O[C@@H]4CCOC4)c(Cl)c3C2=O)c(=O)[nH]1. The van der Waals surface area contributed by atoms with Crippen molar-refractivity contribution in [3.05, 3.63) is 61.0 Å². The highest BCUT2D eigenvalue weighted by atomic mass is 35.5. The summed E-state index contributed by atoms with van der Waals surface area (Å²) in [5, 5.41) is -0.356. The van der Waals surface area contributed by atoms with Gasteiger partial charge in [-0.15, -0.1) is 0 Å². The Morgan fingerprint density at radius 3 is 2.66 bits per heavy atom.